The lowest BCUT2D eigenvalue weighted by Crippen LogP contribution is -2.52. The van der Waals surface area contributed by atoms with Crippen LogP contribution in [-0.4, -0.2) is 29.2 Å². The van der Waals surface area contributed by atoms with E-state index in [0.29, 0.717) is 25.8 Å². The second kappa shape index (κ2) is 5.91. The Bertz CT molecular complexity index is 328. The Morgan fingerprint density at radius 3 is 2.76 bits per heavy atom. The number of rotatable bonds is 5. The second-order valence-electron chi connectivity index (χ2n) is 4.72. The van der Waals surface area contributed by atoms with Gasteiger partial charge in [0.25, 0.3) is 0 Å². The first kappa shape index (κ1) is 13.8. The van der Waals surface area contributed by atoms with Crippen molar-refractivity contribution in [2.24, 2.45) is 11.8 Å². The zero-order valence-electron chi connectivity index (χ0n) is 10.7. The molecule has 1 aliphatic heterocycles. The summed E-state index contributed by atoms with van der Waals surface area (Å²) in [6, 6.07) is 0. The van der Waals surface area contributed by atoms with Gasteiger partial charge in [-0.25, -0.2) is 10.4 Å². The van der Waals surface area contributed by atoms with Crippen LogP contribution in [0.5, 0.6) is 0 Å². The molecular weight excluding hydrogens is 220 g/mol. The van der Waals surface area contributed by atoms with E-state index in [9.17, 15) is 14.4 Å². The number of carbonyl (C=O) groups excluding carboxylic acids is 3. The van der Waals surface area contributed by atoms with Crippen molar-refractivity contribution < 1.29 is 14.4 Å². The van der Waals surface area contributed by atoms with Crippen LogP contribution < -0.4 is 5.43 Å². The van der Waals surface area contributed by atoms with Crippen molar-refractivity contribution in [3.63, 3.8) is 0 Å². The number of hydrazine groups is 1. The van der Waals surface area contributed by atoms with Crippen LogP contribution in [0.1, 0.15) is 40.0 Å². The number of hydrogen-bond donors (Lipinski definition) is 1. The molecule has 1 unspecified atom stereocenters. The number of hydrogen-bond acceptors (Lipinski definition) is 4. The molecule has 1 rings (SSSR count). The van der Waals surface area contributed by atoms with Crippen LogP contribution in [0.15, 0.2) is 0 Å². The highest BCUT2D eigenvalue weighted by molar-refractivity contribution is 5.97. The third kappa shape index (κ3) is 3.63. The molecular formula is C12H20N2O3. The Balaban J connectivity index is 2.42. The minimum atomic E-state index is -0.177. The summed E-state index contributed by atoms with van der Waals surface area (Å²) in [5.74, 6) is -0.378. The molecule has 1 fully saturated rings. The molecule has 0 bridgehead atoms. The van der Waals surface area contributed by atoms with Gasteiger partial charge < -0.3 is 0 Å². The average Bonchev–Trinajstić information content (AvgIpc) is 2.28. The number of piperidine rings is 1. The lowest BCUT2D eigenvalue weighted by atomic mass is 10.00. The maximum Gasteiger partial charge on any atom is 0.246 e. The van der Waals surface area contributed by atoms with E-state index in [2.05, 4.69) is 5.43 Å². The van der Waals surface area contributed by atoms with Crippen LogP contribution in [0, 0.1) is 11.8 Å². The van der Waals surface area contributed by atoms with Crippen LogP contribution in [-0.2, 0) is 14.4 Å². The normalized spacial score (nSPS) is 22.8. The van der Waals surface area contributed by atoms with Gasteiger partial charge in [-0.1, -0.05) is 13.8 Å². The average molecular weight is 240 g/mol. The standard InChI is InChI=1S/C12H20N2O3/c1-8(10(3)15)6-7-13-14-11(16)5-4-9(2)12(14)17/h8-9,13H,4-7H2,1-3H3/t8?,9-/m1/s1. The van der Waals surface area contributed by atoms with Crippen LogP contribution in [0.25, 0.3) is 0 Å². The van der Waals surface area contributed by atoms with Gasteiger partial charge in [-0.2, -0.15) is 0 Å². The van der Waals surface area contributed by atoms with E-state index < -0.39 is 0 Å². The molecule has 1 N–H and O–H groups in total. The first-order valence-corrected chi connectivity index (χ1v) is 6.04. The highest BCUT2D eigenvalue weighted by Crippen LogP contribution is 2.16. The topological polar surface area (TPSA) is 66.5 Å². The van der Waals surface area contributed by atoms with Gasteiger partial charge in [0.15, 0.2) is 0 Å². The van der Waals surface area contributed by atoms with Crippen molar-refractivity contribution in [3.8, 4) is 0 Å². The molecule has 0 radical (unpaired) electrons. The number of amides is 2. The van der Waals surface area contributed by atoms with Crippen molar-refractivity contribution in [3.05, 3.63) is 0 Å². The van der Waals surface area contributed by atoms with Crippen molar-refractivity contribution in [1.29, 1.82) is 0 Å². The van der Waals surface area contributed by atoms with E-state index in [-0.39, 0.29) is 29.4 Å². The summed E-state index contributed by atoms with van der Waals surface area (Å²) in [6.45, 7) is 5.67. The molecule has 0 aliphatic carbocycles. The number of ketones is 1. The quantitative estimate of drug-likeness (QED) is 0.725. The van der Waals surface area contributed by atoms with E-state index in [0.717, 1.165) is 5.01 Å². The first-order valence-electron chi connectivity index (χ1n) is 6.04. The fourth-order valence-corrected chi connectivity index (χ4v) is 1.68. The SMILES string of the molecule is CC(=O)C(C)CCNN1C(=O)CC[C@@H](C)C1=O. The lowest BCUT2D eigenvalue weighted by molar-refractivity contribution is -0.155. The molecule has 0 aromatic heterocycles. The molecule has 5 nitrogen and oxygen atoms in total. The summed E-state index contributed by atoms with van der Waals surface area (Å²) in [5, 5.41) is 1.11. The predicted octanol–water partition coefficient (Wildman–Crippen LogP) is 0.891. The lowest BCUT2D eigenvalue weighted by Gasteiger charge is -2.29. The summed E-state index contributed by atoms with van der Waals surface area (Å²) in [7, 11) is 0. The van der Waals surface area contributed by atoms with Crippen LogP contribution in [0.4, 0.5) is 0 Å². The molecule has 0 saturated carbocycles. The third-order valence-corrected chi connectivity index (χ3v) is 3.22. The molecule has 17 heavy (non-hydrogen) atoms. The van der Waals surface area contributed by atoms with Crippen LogP contribution in [0.2, 0.25) is 0 Å². The van der Waals surface area contributed by atoms with Gasteiger partial charge >= 0.3 is 0 Å². The van der Waals surface area contributed by atoms with Crippen LogP contribution >= 0.6 is 0 Å². The third-order valence-electron chi connectivity index (χ3n) is 3.22. The Morgan fingerprint density at radius 2 is 2.18 bits per heavy atom. The monoisotopic (exact) mass is 240 g/mol. The van der Waals surface area contributed by atoms with Crippen molar-refractivity contribution in [2.45, 2.75) is 40.0 Å². The highest BCUT2D eigenvalue weighted by atomic mass is 16.2. The summed E-state index contributed by atoms with van der Waals surface area (Å²) >= 11 is 0. The van der Waals surface area contributed by atoms with Crippen molar-refractivity contribution in [2.75, 3.05) is 6.54 Å². The number of nitrogens with zero attached hydrogens (tertiary/aromatic N) is 1. The van der Waals surface area contributed by atoms with Gasteiger partial charge in [0, 0.05) is 24.8 Å². The van der Waals surface area contributed by atoms with E-state index >= 15 is 0 Å². The second-order valence-corrected chi connectivity index (χ2v) is 4.72. The van der Waals surface area contributed by atoms with E-state index in [4.69, 9.17) is 0 Å². The molecule has 1 heterocycles. The summed E-state index contributed by atoms with van der Waals surface area (Å²) in [6.07, 6.45) is 1.66. The van der Waals surface area contributed by atoms with Crippen molar-refractivity contribution >= 4 is 17.6 Å². The molecule has 0 aromatic rings. The maximum atomic E-state index is 11.7. The maximum absolute atomic E-state index is 11.7. The van der Waals surface area contributed by atoms with E-state index in [1.165, 1.54) is 0 Å². The molecule has 2 amide bonds. The van der Waals surface area contributed by atoms with Gasteiger partial charge in [-0.15, -0.1) is 0 Å². The fourth-order valence-electron chi connectivity index (χ4n) is 1.68. The highest BCUT2D eigenvalue weighted by Gasteiger charge is 2.31. The van der Waals surface area contributed by atoms with Crippen molar-refractivity contribution in [1.82, 2.24) is 10.4 Å². The number of carbonyl (C=O) groups is 3. The summed E-state index contributed by atoms with van der Waals surface area (Å²) < 4.78 is 0. The molecule has 5 heteroatoms. The fraction of sp³-hybridized carbons (Fsp3) is 0.750. The number of nitrogens with one attached hydrogen (secondary N) is 1. The smallest absolute Gasteiger partial charge is 0.246 e. The van der Waals surface area contributed by atoms with Crippen LogP contribution in [0.3, 0.4) is 0 Å². The zero-order valence-corrected chi connectivity index (χ0v) is 10.7. The Morgan fingerprint density at radius 1 is 1.53 bits per heavy atom. The van der Waals surface area contributed by atoms with Gasteiger partial charge in [0.1, 0.15) is 5.78 Å². The minimum Gasteiger partial charge on any atom is -0.300 e. The van der Waals surface area contributed by atoms with E-state index in [1.807, 2.05) is 13.8 Å². The zero-order chi connectivity index (χ0) is 13.0. The number of Topliss-reactive ketones (excluding diaryl/α,β-unsaturated/α-hetero) is 1. The van der Waals surface area contributed by atoms with Gasteiger partial charge in [0.2, 0.25) is 11.8 Å². The van der Waals surface area contributed by atoms with Gasteiger partial charge in [-0.05, 0) is 19.8 Å². The Hall–Kier alpha value is -1.23. The number of imide groups is 1. The molecule has 1 aliphatic rings. The molecule has 96 valence electrons. The molecule has 2 atom stereocenters. The summed E-state index contributed by atoms with van der Waals surface area (Å²) in [4.78, 5) is 34.3. The predicted molar refractivity (Wildman–Crippen MR) is 62.7 cm³/mol. The Kier molecular flexibility index (Phi) is 4.81. The first-order chi connectivity index (χ1) is 7.93. The molecule has 0 aromatic carbocycles. The molecule has 1 saturated heterocycles. The largest absolute Gasteiger partial charge is 0.300 e. The molecule has 0 spiro atoms. The van der Waals surface area contributed by atoms with E-state index in [1.54, 1.807) is 6.92 Å². The summed E-state index contributed by atoms with van der Waals surface area (Å²) in [5.41, 5.74) is 2.82. The minimum absolute atomic E-state index is 0.0464. The Labute approximate surface area is 102 Å². The van der Waals surface area contributed by atoms with Gasteiger partial charge in [0.05, 0.1) is 0 Å². The van der Waals surface area contributed by atoms with Gasteiger partial charge in [-0.3, -0.25) is 14.4 Å².